The molecule has 4 amide bonds. The standard InChI is InChI=1S/C27H26BrN3O3/c1-16-14-18(17(2)30(16)24-13-12-23(28)20-10-6-7-11-21(20)24)15-22-25(32)29-27(34)31(26(22)33)19-8-4-3-5-9-19/h6-7,10-15,19H,3-5,8-9H2,1-2H3,(H,29,32,34)/b22-15+. The molecule has 3 aromatic rings. The second kappa shape index (κ2) is 8.87. The Hall–Kier alpha value is -3.19. The molecule has 0 unspecified atom stereocenters. The van der Waals surface area contributed by atoms with Crippen molar-refractivity contribution < 1.29 is 14.4 Å². The first-order chi connectivity index (χ1) is 16.4. The summed E-state index contributed by atoms with van der Waals surface area (Å²) in [6, 6.07) is 13.5. The molecular weight excluding hydrogens is 494 g/mol. The van der Waals surface area contributed by atoms with E-state index in [0.29, 0.717) is 0 Å². The number of barbiturate groups is 1. The largest absolute Gasteiger partial charge is 0.331 e. The monoisotopic (exact) mass is 519 g/mol. The van der Waals surface area contributed by atoms with Gasteiger partial charge in [-0.15, -0.1) is 0 Å². The zero-order valence-electron chi connectivity index (χ0n) is 19.2. The maximum Gasteiger partial charge on any atom is 0.331 e. The number of carbonyl (C=O) groups excluding carboxylic acids is 3. The van der Waals surface area contributed by atoms with Crippen molar-refractivity contribution in [3.63, 3.8) is 0 Å². The molecule has 1 saturated carbocycles. The van der Waals surface area contributed by atoms with Gasteiger partial charge in [-0.05, 0) is 61.9 Å². The van der Waals surface area contributed by atoms with Crippen LogP contribution < -0.4 is 5.32 Å². The Labute approximate surface area is 206 Å². The second-order valence-corrected chi connectivity index (χ2v) is 9.91. The molecular formula is C27H26BrN3O3. The van der Waals surface area contributed by atoms with Crippen molar-refractivity contribution in [2.45, 2.75) is 52.0 Å². The minimum atomic E-state index is -0.638. The summed E-state index contributed by atoms with van der Waals surface area (Å²) in [5.41, 5.74) is 3.71. The topological polar surface area (TPSA) is 71.4 Å². The molecule has 0 atom stereocenters. The van der Waals surface area contributed by atoms with Gasteiger partial charge in [-0.3, -0.25) is 19.8 Å². The number of amides is 4. The summed E-state index contributed by atoms with van der Waals surface area (Å²) >= 11 is 3.64. The molecule has 0 radical (unpaired) electrons. The Morgan fingerprint density at radius 2 is 1.68 bits per heavy atom. The maximum atomic E-state index is 13.3. The Balaban J connectivity index is 1.57. The molecule has 1 saturated heterocycles. The first-order valence-corrected chi connectivity index (χ1v) is 12.4. The van der Waals surface area contributed by atoms with Crippen molar-refractivity contribution in [3.8, 4) is 5.69 Å². The fourth-order valence-corrected chi connectivity index (χ4v) is 5.72. The van der Waals surface area contributed by atoms with Crippen LogP contribution in [0.25, 0.3) is 22.5 Å². The van der Waals surface area contributed by atoms with Crippen LogP contribution in [0.4, 0.5) is 4.79 Å². The van der Waals surface area contributed by atoms with Crippen LogP contribution in [-0.2, 0) is 9.59 Å². The molecule has 34 heavy (non-hydrogen) atoms. The van der Waals surface area contributed by atoms with Crippen molar-refractivity contribution >= 4 is 50.6 Å². The van der Waals surface area contributed by atoms with E-state index in [2.05, 4.69) is 44.0 Å². The molecule has 0 bridgehead atoms. The molecule has 2 heterocycles. The van der Waals surface area contributed by atoms with Gasteiger partial charge in [0.1, 0.15) is 5.57 Å². The van der Waals surface area contributed by atoms with E-state index in [1.807, 2.05) is 38.1 Å². The summed E-state index contributed by atoms with van der Waals surface area (Å²) in [5, 5.41) is 4.58. The number of nitrogens with zero attached hydrogens (tertiary/aromatic N) is 2. The molecule has 2 aromatic carbocycles. The lowest BCUT2D eigenvalue weighted by molar-refractivity contribution is -0.132. The van der Waals surface area contributed by atoms with Gasteiger partial charge < -0.3 is 4.57 Å². The lowest BCUT2D eigenvalue weighted by Gasteiger charge is -2.35. The summed E-state index contributed by atoms with van der Waals surface area (Å²) < 4.78 is 3.16. The van der Waals surface area contributed by atoms with Gasteiger partial charge in [0.15, 0.2) is 0 Å². The number of rotatable bonds is 3. The molecule has 1 N–H and O–H groups in total. The number of urea groups is 1. The van der Waals surface area contributed by atoms with Crippen LogP contribution in [0, 0.1) is 13.8 Å². The fourth-order valence-electron chi connectivity index (χ4n) is 5.24. The molecule has 2 aliphatic rings. The summed E-state index contributed by atoms with van der Waals surface area (Å²) in [7, 11) is 0. The number of hydrogen-bond acceptors (Lipinski definition) is 3. The number of carbonyl (C=O) groups is 3. The summed E-state index contributed by atoms with van der Waals surface area (Å²) in [5.74, 6) is -1.14. The van der Waals surface area contributed by atoms with Crippen molar-refractivity contribution in [1.82, 2.24) is 14.8 Å². The molecule has 1 aliphatic heterocycles. The molecule has 5 rings (SSSR count). The van der Waals surface area contributed by atoms with Gasteiger partial charge in [-0.25, -0.2) is 4.79 Å². The number of hydrogen-bond donors (Lipinski definition) is 1. The van der Waals surface area contributed by atoms with Crippen LogP contribution in [0.15, 0.2) is 52.5 Å². The third kappa shape index (κ3) is 3.78. The maximum absolute atomic E-state index is 13.3. The third-order valence-corrected chi connectivity index (χ3v) is 7.62. The van der Waals surface area contributed by atoms with E-state index in [9.17, 15) is 14.4 Å². The number of aromatic nitrogens is 1. The SMILES string of the molecule is Cc1cc(/C=C2\C(=O)NC(=O)N(C3CCCCC3)C2=O)c(C)n1-c1ccc(Br)c2ccccc12. The predicted molar refractivity (Wildman–Crippen MR) is 136 cm³/mol. The second-order valence-electron chi connectivity index (χ2n) is 9.06. The number of nitrogens with one attached hydrogen (secondary N) is 1. The zero-order valence-corrected chi connectivity index (χ0v) is 20.8. The van der Waals surface area contributed by atoms with Crippen molar-refractivity contribution in [1.29, 1.82) is 0 Å². The summed E-state index contributed by atoms with van der Waals surface area (Å²) in [6.07, 6.45) is 6.27. The predicted octanol–water partition coefficient (Wildman–Crippen LogP) is 5.80. The van der Waals surface area contributed by atoms with Gasteiger partial charge >= 0.3 is 6.03 Å². The van der Waals surface area contributed by atoms with Gasteiger partial charge in [0.25, 0.3) is 11.8 Å². The average molecular weight is 520 g/mol. The normalized spacial score (nSPS) is 18.7. The number of benzene rings is 2. The minimum Gasteiger partial charge on any atom is -0.317 e. The van der Waals surface area contributed by atoms with Crippen molar-refractivity contribution in [3.05, 3.63) is 69.5 Å². The van der Waals surface area contributed by atoms with Crippen LogP contribution in [-0.4, -0.2) is 33.4 Å². The number of fused-ring (bicyclic) bond motifs is 1. The zero-order chi connectivity index (χ0) is 24.0. The number of aryl methyl sites for hydroxylation is 1. The van der Waals surface area contributed by atoms with Crippen molar-refractivity contribution in [2.24, 2.45) is 0 Å². The fraction of sp³-hybridized carbons (Fsp3) is 0.296. The van der Waals surface area contributed by atoms with E-state index in [0.717, 1.165) is 70.0 Å². The Bertz CT molecular complexity index is 1360. The number of halogens is 1. The first kappa shape index (κ1) is 22.6. The van der Waals surface area contributed by atoms with Gasteiger partial charge in [0.05, 0.1) is 5.69 Å². The molecule has 6 nitrogen and oxygen atoms in total. The van der Waals surface area contributed by atoms with Crippen LogP contribution in [0.3, 0.4) is 0 Å². The van der Waals surface area contributed by atoms with E-state index in [-0.39, 0.29) is 11.6 Å². The average Bonchev–Trinajstić information content (AvgIpc) is 3.10. The van der Waals surface area contributed by atoms with E-state index < -0.39 is 17.8 Å². The molecule has 1 aromatic heterocycles. The highest BCUT2D eigenvalue weighted by molar-refractivity contribution is 9.10. The molecule has 0 spiro atoms. The van der Waals surface area contributed by atoms with Crippen LogP contribution in [0.1, 0.15) is 49.1 Å². The lowest BCUT2D eigenvalue weighted by Crippen LogP contribution is -2.58. The van der Waals surface area contributed by atoms with E-state index in [4.69, 9.17) is 0 Å². The quantitative estimate of drug-likeness (QED) is 0.350. The van der Waals surface area contributed by atoms with Crippen LogP contribution in [0.2, 0.25) is 0 Å². The highest BCUT2D eigenvalue weighted by atomic mass is 79.9. The highest BCUT2D eigenvalue weighted by Crippen LogP contribution is 2.33. The Morgan fingerprint density at radius 3 is 2.41 bits per heavy atom. The van der Waals surface area contributed by atoms with Crippen LogP contribution >= 0.6 is 15.9 Å². The summed E-state index contributed by atoms with van der Waals surface area (Å²) in [6.45, 7) is 3.98. The van der Waals surface area contributed by atoms with E-state index >= 15 is 0 Å². The van der Waals surface area contributed by atoms with Gasteiger partial charge in [-0.1, -0.05) is 59.5 Å². The summed E-state index contributed by atoms with van der Waals surface area (Å²) in [4.78, 5) is 39.7. The first-order valence-electron chi connectivity index (χ1n) is 11.6. The van der Waals surface area contributed by atoms with Crippen LogP contribution in [0.5, 0.6) is 0 Å². The van der Waals surface area contributed by atoms with Gasteiger partial charge in [0.2, 0.25) is 0 Å². The molecule has 174 valence electrons. The van der Waals surface area contributed by atoms with Gasteiger partial charge in [0, 0.05) is 27.3 Å². The third-order valence-electron chi connectivity index (χ3n) is 6.93. The van der Waals surface area contributed by atoms with Crippen molar-refractivity contribution in [2.75, 3.05) is 0 Å². The van der Waals surface area contributed by atoms with E-state index in [1.54, 1.807) is 6.08 Å². The molecule has 7 heteroatoms. The Kier molecular flexibility index (Phi) is 5.90. The Morgan fingerprint density at radius 1 is 0.971 bits per heavy atom. The number of imide groups is 2. The smallest absolute Gasteiger partial charge is 0.317 e. The minimum absolute atomic E-state index is 0.00564. The lowest BCUT2D eigenvalue weighted by atomic mass is 9.93. The highest BCUT2D eigenvalue weighted by Gasteiger charge is 2.40. The molecule has 1 aliphatic carbocycles. The van der Waals surface area contributed by atoms with E-state index in [1.165, 1.54) is 4.90 Å². The van der Waals surface area contributed by atoms with Gasteiger partial charge in [-0.2, -0.15) is 0 Å². The molecule has 2 fully saturated rings.